The summed E-state index contributed by atoms with van der Waals surface area (Å²) in [4.78, 5) is 12.3. The van der Waals surface area contributed by atoms with Gasteiger partial charge in [-0.3, -0.25) is 4.79 Å². The van der Waals surface area contributed by atoms with E-state index in [9.17, 15) is 13.2 Å². The first-order valence-corrected chi connectivity index (χ1v) is 12.1. The Morgan fingerprint density at radius 2 is 1.65 bits per heavy atom. The molecule has 7 heteroatoms. The van der Waals surface area contributed by atoms with Crippen LogP contribution in [0.2, 0.25) is 0 Å². The maximum absolute atomic E-state index is 12.3. The van der Waals surface area contributed by atoms with Gasteiger partial charge in [-0.1, -0.05) is 39.0 Å². The molecule has 1 amide bonds. The van der Waals surface area contributed by atoms with Crippen LogP contribution in [-0.2, 0) is 14.8 Å². The fourth-order valence-electron chi connectivity index (χ4n) is 3.94. The predicted octanol–water partition coefficient (Wildman–Crippen LogP) is 2.26. The van der Waals surface area contributed by atoms with Crippen LogP contribution in [0.4, 0.5) is 0 Å². The first kappa shape index (κ1) is 21.6. The number of nitrogens with zero attached hydrogens (tertiary/aromatic N) is 1. The van der Waals surface area contributed by atoms with Crippen molar-refractivity contribution in [3.8, 4) is 0 Å². The van der Waals surface area contributed by atoms with Crippen molar-refractivity contribution in [2.45, 2.75) is 77.2 Å². The normalized spacial score (nSPS) is 21.4. The Bertz CT molecular complexity index is 508. The molecule has 2 aliphatic rings. The van der Waals surface area contributed by atoms with Crippen LogP contribution in [0.5, 0.6) is 0 Å². The Morgan fingerprint density at radius 3 is 2.27 bits per heavy atom. The van der Waals surface area contributed by atoms with Crippen molar-refractivity contribution in [1.29, 1.82) is 0 Å². The van der Waals surface area contributed by atoms with E-state index in [0.717, 1.165) is 13.0 Å². The summed E-state index contributed by atoms with van der Waals surface area (Å²) in [7, 11) is -3.14. The smallest absolute Gasteiger partial charge is 0.223 e. The molecule has 0 unspecified atom stereocenters. The Labute approximate surface area is 159 Å². The van der Waals surface area contributed by atoms with Gasteiger partial charge in [0.05, 0.1) is 5.75 Å². The lowest BCUT2D eigenvalue weighted by Gasteiger charge is -2.30. The molecule has 0 bridgehead atoms. The molecule has 1 heterocycles. The number of carbonyl (C=O) groups excluding carboxylic acids is 1. The first-order valence-electron chi connectivity index (χ1n) is 10.5. The van der Waals surface area contributed by atoms with Crippen molar-refractivity contribution < 1.29 is 13.2 Å². The summed E-state index contributed by atoms with van der Waals surface area (Å²) >= 11 is 0. The summed E-state index contributed by atoms with van der Waals surface area (Å²) in [6.07, 6.45) is 10.7. The zero-order valence-electron chi connectivity index (χ0n) is 16.3. The lowest BCUT2D eigenvalue weighted by molar-refractivity contribution is -0.126. The van der Waals surface area contributed by atoms with Crippen LogP contribution in [0.25, 0.3) is 0 Å². The van der Waals surface area contributed by atoms with Crippen molar-refractivity contribution in [1.82, 2.24) is 14.9 Å². The number of sulfonamides is 1. The number of unbranched alkanes of at least 4 members (excludes halogenated alkanes) is 1. The highest BCUT2D eigenvalue weighted by atomic mass is 32.2. The highest BCUT2D eigenvalue weighted by Gasteiger charge is 2.30. The molecule has 0 aromatic carbocycles. The van der Waals surface area contributed by atoms with Gasteiger partial charge in [0.25, 0.3) is 0 Å². The Balaban J connectivity index is 1.62. The SMILES string of the molecule is CCCCS(=O)(=O)N1CCC(C(=O)NCCNC2CCCCCC2)CC1. The third kappa shape index (κ3) is 7.16. The van der Waals surface area contributed by atoms with Gasteiger partial charge in [0.1, 0.15) is 0 Å². The van der Waals surface area contributed by atoms with Crippen LogP contribution < -0.4 is 10.6 Å². The zero-order valence-corrected chi connectivity index (χ0v) is 17.2. The molecule has 26 heavy (non-hydrogen) atoms. The van der Waals surface area contributed by atoms with Gasteiger partial charge in [0, 0.05) is 38.1 Å². The number of piperidine rings is 1. The van der Waals surface area contributed by atoms with Gasteiger partial charge in [-0.2, -0.15) is 0 Å². The highest BCUT2D eigenvalue weighted by Crippen LogP contribution is 2.20. The second-order valence-corrected chi connectivity index (χ2v) is 9.86. The van der Waals surface area contributed by atoms with E-state index in [0.29, 0.717) is 44.9 Å². The molecule has 1 saturated heterocycles. The molecular weight excluding hydrogens is 350 g/mol. The lowest BCUT2D eigenvalue weighted by Crippen LogP contribution is -2.45. The summed E-state index contributed by atoms with van der Waals surface area (Å²) in [5, 5.41) is 6.59. The van der Waals surface area contributed by atoms with E-state index in [-0.39, 0.29) is 17.6 Å². The second-order valence-electron chi connectivity index (χ2n) is 7.78. The average molecular weight is 388 g/mol. The van der Waals surface area contributed by atoms with Crippen LogP contribution in [0.1, 0.15) is 71.1 Å². The fourth-order valence-corrected chi connectivity index (χ4v) is 5.62. The third-order valence-electron chi connectivity index (χ3n) is 5.69. The van der Waals surface area contributed by atoms with Gasteiger partial charge < -0.3 is 10.6 Å². The van der Waals surface area contributed by atoms with E-state index in [1.54, 1.807) is 4.31 Å². The zero-order chi connectivity index (χ0) is 18.8. The van der Waals surface area contributed by atoms with Gasteiger partial charge in [0.2, 0.25) is 15.9 Å². The number of hydrogen-bond donors (Lipinski definition) is 2. The molecule has 2 rings (SSSR count). The minimum atomic E-state index is -3.14. The van der Waals surface area contributed by atoms with Gasteiger partial charge in [-0.25, -0.2) is 12.7 Å². The van der Waals surface area contributed by atoms with Crippen LogP contribution in [0.3, 0.4) is 0 Å². The molecular formula is C19H37N3O3S. The molecule has 1 aliphatic heterocycles. The Morgan fingerprint density at radius 1 is 1.00 bits per heavy atom. The van der Waals surface area contributed by atoms with Gasteiger partial charge in [-0.15, -0.1) is 0 Å². The minimum Gasteiger partial charge on any atom is -0.355 e. The average Bonchev–Trinajstić information content (AvgIpc) is 2.92. The van der Waals surface area contributed by atoms with E-state index in [1.165, 1.54) is 38.5 Å². The van der Waals surface area contributed by atoms with Crippen LogP contribution in [0, 0.1) is 5.92 Å². The fraction of sp³-hybridized carbons (Fsp3) is 0.947. The van der Waals surface area contributed by atoms with E-state index in [2.05, 4.69) is 10.6 Å². The highest BCUT2D eigenvalue weighted by molar-refractivity contribution is 7.89. The van der Waals surface area contributed by atoms with Crippen molar-refractivity contribution in [2.75, 3.05) is 31.9 Å². The van der Waals surface area contributed by atoms with E-state index >= 15 is 0 Å². The molecule has 1 saturated carbocycles. The molecule has 1 aliphatic carbocycles. The summed E-state index contributed by atoms with van der Waals surface area (Å²) < 4.78 is 26.0. The Hall–Kier alpha value is -0.660. The molecule has 0 atom stereocenters. The minimum absolute atomic E-state index is 0.0505. The third-order valence-corrected chi connectivity index (χ3v) is 7.64. The van der Waals surface area contributed by atoms with Crippen molar-refractivity contribution >= 4 is 15.9 Å². The molecule has 152 valence electrons. The van der Waals surface area contributed by atoms with E-state index < -0.39 is 10.0 Å². The second kappa shape index (κ2) is 11.2. The quantitative estimate of drug-likeness (QED) is 0.470. The van der Waals surface area contributed by atoms with Crippen LogP contribution in [-0.4, -0.2) is 56.6 Å². The monoisotopic (exact) mass is 387 g/mol. The van der Waals surface area contributed by atoms with Gasteiger partial charge in [-0.05, 0) is 32.1 Å². The van der Waals surface area contributed by atoms with E-state index in [1.807, 2.05) is 6.92 Å². The molecule has 0 aromatic heterocycles. The van der Waals surface area contributed by atoms with Crippen molar-refractivity contribution in [3.63, 3.8) is 0 Å². The van der Waals surface area contributed by atoms with Crippen molar-refractivity contribution in [3.05, 3.63) is 0 Å². The van der Waals surface area contributed by atoms with Gasteiger partial charge >= 0.3 is 0 Å². The summed E-state index contributed by atoms with van der Waals surface area (Å²) in [5.41, 5.74) is 0. The Kier molecular flexibility index (Phi) is 9.36. The molecule has 2 N–H and O–H groups in total. The molecule has 0 spiro atoms. The number of rotatable bonds is 9. The summed E-state index contributed by atoms with van der Waals surface area (Å²) in [5.74, 6) is 0.261. The maximum Gasteiger partial charge on any atom is 0.223 e. The largest absolute Gasteiger partial charge is 0.355 e. The molecule has 2 fully saturated rings. The number of nitrogens with one attached hydrogen (secondary N) is 2. The number of amides is 1. The number of hydrogen-bond acceptors (Lipinski definition) is 4. The molecule has 0 aromatic rings. The predicted molar refractivity (Wildman–Crippen MR) is 105 cm³/mol. The summed E-state index contributed by atoms with van der Waals surface area (Å²) in [6, 6.07) is 0.603. The van der Waals surface area contributed by atoms with Gasteiger partial charge in [0.15, 0.2) is 0 Å². The topological polar surface area (TPSA) is 78.5 Å². The standard InChI is InChI=1S/C19H37N3O3S/c1-2-3-16-26(24,25)22-14-10-17(11-15-22)19(23)21-13-12-20-18-8-6-4-5-7-9-18/h17-18,20H,2-16H2,1H3,(H,21,23). The van der Waals surface area contributed by atoms with Crippen LogP contribution in [0.15, 0.2) is 0 Å². The van der Waals surface area contributed by atoms with Crippen molar-refractivity contribution in [2.24, 2.45) is 5.92 Å². The maximum atomic E-state index is 12.3. The van der Waals surface area contributed by atoms with Crippen LogP contribution >= 0.6 is 0 Å². The number of carbonyl (C=O) groups is 1. The summed E-state index contributed by atoms with van der Waals surface area (Å²) in [6.45, 7) is 4.43. The molecule has 6 nitrogen and oxygen atoms in total. The first-order chi connectivity index (χ1) is 12.5. The van der Waals surface area contributed by atoms with E-state index in [4.69, 9.17) is 0 Å². The lowest BCUT2D eigenvalue weighted by atomic mass is 9.97. The molecule has 0 radical (unpaired) electrons.